The second-order valence-electron chi connectivity index (χ2n) is 17.0. The van der Waals surface area contributed by atoms with Gasteiger partial charge in [0, 0.05) is 7.11 Å². The minimum atomic E-state index is -1.11. The van der Waals surface area contributed by atoms with E-state index in [2.05, 4.69) is 0 Å². The number of ether oxygens (including phenoxy) is 11. The van der Waals surface area contributed by atoms with Crippen molar-refractivity contribution in [3.63, 3.8) is 0 Å². The minimum absolute atomic E-state index is 0.000375. The highest BCUT2D eigenvalue weighted by atomic mass is 16.8. The van der Waals surface area contributed by atoms with E-state index in [4.69, 9.17) is 52.1 Å². The molecular weight excluding hydrogens is 877 g/mol. The number of benzene rings is 6. The van der Waals surface area contributed by atoms with Crippen LogP contribution in [0.1, 0.15) is 33.4 Å². The van der Waals surface area contributed by atoms with Gasteiger partial charge in [0.25, 0.3) is 0 Å². The monoisotopic (exact) mass is 940 g/mol. The lowest BCUT2D eigenvalue weighted by molar-refractivity contribution is -0.375. The average molecular weight is 941 g/mol. The fraction of sp³-hybridized carbons (Fsp3) is 0.368. The normalized spacial score (nSPS) is 24.8. The highest BCUT2D eigenvalue weighted by Gasteiger charge is 2.54. The maximum atomic E-state index is 10.0. The van der Waals surface area contributed by atoms with Gasteiger partial charge in [-0.2, -0.15) is 0 Å². The van der Waals surface area contributed by atoms with Crippen molar-refractivity contribution in [3.05, 3.63) is 215 Å². The van der Waals surface area contributed by atoms with E-state index in [9.17, 15) is 5.11 Å². The smallest absolute Gasteiger partial charge is 0.187 e. The summed E-state index contributed by atoms with van der Waals surface area (Å²) in [6.07, 6.45) is -8.40. The van der Waals surface area contributed by atoms with Gasteiger partial charge in [0.1, 0.15) is 48.8 Å². The SMILES string of the molecule is CO[C@@H]1O[C@H](COCc2ccccc2)[C@H](O[C@H]2O[C@H](COCc3ccccc3)[C@H](OCc3ccccc3)[C@H](OCc3ccccc3)[C@H]2OCc2ccccc2)[C@H](OCc2ccccc2)[C@H]1OCCO. The van der Waals surface area contributed by atoms with Gasteiger partial charge < -0.3 is 57.2 Å². The molecule has 10 atom stereocenters. The number of rotatable bonds is 26. The lowest BCUT2D eigenvalue weighted by Gasteiger charge is -2.50. The summed E-state index contributed by atoms with van der Waals surface area (Å²) in [5.74, 6) is 0. The maximum absolute atomic E-state index is 10.0. The van der Waals surface area contributed by atoms with Gasteiger partial charge in [-0.1, -0.05) is 182 Å². The molecule has 0 amide bonds. The van der Waals surface area contributed by atoms with Gasteiger partial charge in [0.05, 0.1) is 66.1 Å². The first kappa shape index (κ1) is 50.2. The molecule has 0 bridgehead atoms. The predicted molar refractivity (Wildman–Crippen MR) is 258 cm³/mol. The number of hydrogen-bond donors (Lipinski definition) is 1. The summed E-state index contributed by atoms with van der Waals surface area (Å²) in [5, 5.41) is 10.0. The van der Waals surface area contributed by atoms with Crippen molar-refractivity contribution in [1.82, 2.24) is 0 Å². The molecule has 2 heterocycles. The highest BCUT2D eigenvalue weighted by Crippen LogP contribution is 2.36. The van der Waals surface area contributed by atoms with E-state index in [0.29, 0.717) is 13.2 Å². The van der Waals surface area contributed by atoms with Crippen LogP contribution in [-0.2, 0) is 91.7 Å². The van der Waals surface area contributed by atoms with Crippen LogP contribution >= 0.6 is 0 Å². The number of aliphatic hydroxyl groups excluding tert-OH is 1. The Morgan fingerprint density at radius 1 is 0.362 bits per heavy atom. The molecule has 0 aliphatic carbocycles. The number of aliphatic hydroxyl groups is 1. The molecule has 2 aliphatic heterocycles. The van der Waals surface area contributed by atoms with Crippen LogP contribution in [0.15, 0.2) is 182 Å². The molecule has 0 radical (unpaired) electrons. The Kier molecular flexibility index (Phi) is 19.9. The van der Waals surface area contributed by atoms with Crippen molar-refractivity contribution >= 4 is 0 Å². The second-order valence-corrected chi connectivity index (χ2v) is 17.0. The van der Waals surface area contributed by atoms with E-state index >= 15 is 0 Å². The predicted octanol–water partition coefficient (Wildman–Crippen LogP) is 8.62. The molecule has 0 spiro atoms. The van der Waals surface area contributed by atoms with Crippen molar-refractivity contribution in [1.29, 1.82) is 0 Å². The number of hydrogen-bond acceptors (Lipinski definition) is 12. The Labute approximate surface area is 405 Å². The Morgan fingerprint density at radius 2 is 0.681 bits per heavy atom. The maximum Gasteiger partial charge on any atom is 0.187 e. The zero-order valence-electron chi connectivity index (χ0n) is 39.1. The van der Waals surface area contributed by atoms with Crippen molar-refractivity contribution in [2.45, 2.75) is 101 Å². The quantitative estimate of drug-likeness (QED) is 0.0561. The zero-order valence-corrected chi connectivity index (χ0v) is 39.1. The van der Waals surface area contributed by atoms with Crippen molar-refractivity contribution < 1.29 is 57.2 Å². The van der Waals surface area contributed by atoms with Gasteiger partial charge in [0.15, 0.2) is 12.6 Å². The van der Waals surface area contributed by atoms with E-state index < -0.39 is 61.4 Å². The van der Waals surface area contributed by atoms with Gasteiger partial charge in [-0.05, 0) is 33.4 Å². The Morgan fingerprint density at radius 3 is 1.07 bits per heavy atom. The molecule has 0 saturated carbocycles. The van der Waals surface area contributed by atoms with Crippen LogP contribution in [0.5, 0.6) is 0 Å². The van der Waals surface area contributed by atoms with E-state index in [0.717, 1.165) is 33.4 Å². The van der Waals surface area contributed by atoms with Crippen molar-refractivity contribution in [2.75, 3.05) is 33.5 Å². The van der Waals surface area contributed by atoms with Crippen LogP contribution in [0.25, 0.3) is 0 Å². The van der Waals surface area contributed by atoms with Crippen LogP contribution in [0, 0.1) is 0 Å². The van der Waals surface area contributed by atoms with Gasteiger partial charge in [0.2, 0.25) is 0 Å². The summed E-state index contributed by atoms with van der Waals surface area (Å²) in [6.45, 7) is 1.63. The molecule has 12 nitrogen and oxygen atoms in total. The topological polar surface area (TPSA) is 122 Å². The molecule has 12 heteroatoms. The van der Waals surface area contributed by atoms with E-state index in [1.165, 1.54) is 0 Å². The van der Waals surface area contributed by atoms with Gasteiger partial charge in [-0.25, -0.2) is 0 Å². The summed E-state index contributed by atoms with van der Waals surface area (Å²) >= 11 is 0. The third-order valence-electron chi connectivity index (χ3n) is 12.0. The van der Waals surface area contributed by atoms with E-state index in [1.54, 1.807) is 7.11 Å². The number of methoxy groups -OCH3 is 1. The summed E-state index contributed by atoms with van der Waals surface area (Å²) < 4.78 is 74.3. The van der Waals surface area contributed by atoms with E-state index in [1.807, 2.05) is 182 Å². The van der Waals surface area contributed by atoms with Crippen LogP contribution in [0.3, 0.4) is 0 Å². The van der Waals surface area contributed by atoms with Gasteiger partial charge in [-0.15, -0.1) is 0 Å². The van der Waals surface area contributed by atoms with Crippen molar-refractivity contribution in [3.8, 4) is 0 Å². The lowest BCUT2D eigenvalue weighted by atomic mass is 9.95. The summed E-state index contributed by atoms with van der Waals surface area (Å²) in [4.78, 5) is 0. The lowest BCUT2D eigenvalue weighted by Crippen LogP contribution is -2.66. The zero-order chi connectivity index (χ0) is 47.3. The first-order valence-corrected chi connectivity index (χ1v) is 23.7. The molecule has 69 heavy (non-hydrogen) atoms. The fourth-order valence-electron chi connectivity index (χ4n) is 8.57. The summed E-state index contributed by atoms with van der Waals surface area (Å²) in [5.41, 5.74) is 5.87. The molecule has 6 aromatic carbocycles. The first-order valence-electron chi connectivity index (χ1n) is 23.7. The van der Waals surface area contributed by atoms with Crippen LogP contribution in [-0.4, -0.2) is 100 Å². The summed E-state index contributed by atoms with van der Waals surface area (Å²) in [7, 11) is 1.55. The van der Waals surface area contributed by atoms with Crippen LogP contribution < -0.4 is 0 Å². The molecule has 364 valence electrons. The van der Waals surface area contributed by atoms with Crippen molar-refractivity contribution in [2.24, 2.45) is 0 Å². The largest absolute Gasteiger partial charge is 0.394 e. The molecule has 0 unspecified atom stereocenters. The molecule has 2 fully saturated rings. The minimum Gasteiger partial charge on any atom is -0.394 e. The Bertz CT molecular complexity index is 2280. The molecule has 2 aliphatic rings. The molecule has 8 rings (SSSR count). The van der Waals surface area contributed by atoms with Crippen LogP contribution in [0.2, 0.25) is 0 Å². The molecule has 6 aromatic rings. The third kappa shape index (κ3) is 14.9. The Balaban J connectivity index is 1.18. The van der Waals surface area contributed by atoms with Gasteiger partial charge in [-0.3, -0.25) is 0 Å². The molecule has 0 aromatic heterocycles. The average Bonchev–Trinajstić information content (AvgIpc) is 3.40. The van der Waals surface area contributed by atoms with E-state index in [-0.39, 0.29) is 52.9 Å². The van der Waals surface area contributed by atoms with Gasteiger partial charge >= 0.3 is 0 Å². The molecule has 2 saturated heterocycles. The molecular formula is C57H64O12. The van der Waals surface area contributed by atoms with Crippen LogP contribution in [0.4, 0.5) is 0 Å². The first-order chi connectivity index (χ1) is 34.1. The molecule has 1 N–H and O–H groups in total. The standard InChI is InChI=1S/C57H64O12/c1-59-56-54(62-33-32-58)53(65-38-46-28-16-6-17-29-46)51(49(67-56)41-61-35-43-22-10-3-11-23-43)69-57-55(66-39-47-30-18-7-19-31-47)52(64-37-45-26-14-5-15-27-45)50(63-36-44-24-12-4-13-25-44)48(68-57)40-60-34-42-20-8-2-9-21-42/h2-31,48-58H,32-41H2,1H3/t48-,49-,50+,51+,52+,53+,54-,55-,56-,57-/m1/s1. The Hall–Kier alpha value is -5.16. The third-order valence-corrected chi connectivity index (χ3v) is 12.0. The second kappa shape index (κ2) is 27.3. The fourth-order valence-corrected chi connectivity index (χ4v) is 8.57. The summed E-state index contributed by atoms with van der Waals surface area (Å²) in [6, 6.07) is 59.8. The highest BCUT2D eigenvalue weighted by molar-refractivity contribution is 5.18.